The Bertz CT molecular complexity index is 926. The molecule has 0 atom stereocenters. The molecule has 0 unspecified atom stereocenters. The number of nitrogens with one attached hydrogen (secondary N) is 2. The highest BCUT2D eigenvalue weighted by Crippen LogP contribution is 2.32. The third-order valence-corrected chi connectivity index (χ3v) is 5.91. The first-order chi connectivity index (χ1) is 15.0. The van der Waals surface area contributed by atoms with Gasteiger partial charge in [0, 0.05) is 18.5 Å². The van der Waals surface area contributed by atoms with Crippen molar-refractivity contribution in [1.29, 1.82) is 0 Å². The summed E-state index contributed by atoms with van der Waals surface area (Å²) in [6.45, 7) is 0.445. The van der Waals surface area contributed by atoms with E-state index in [1.165, 1.54) is 17.5 Å². The van der Waals surface area contributed by atoms with Crippen molar-refractivity contribution < 1.29 is 29.0 Å². The van der Waals surface area contributed by atoms with E-state index in [-0.39, 0.29) is 37.0 Å². The number of carboxylic acid groups (broad SMARTS) is 1. The van der Waals surface area contributed by atoms with Crippen LogP contribution in [0.1, 0.15) is 40.9 Å². The minimum Gasteiger partial charge on any atom is -0.483 e. The van der Waals surface area contributed by atoms with Crippen LogP contribution in [0.2, 0.25) is 0 Å². The number of hydrogen-bond acceptors (Lipinski definition) is 8. The number of thiazole rings is 1. The number of carbonyl (C=O) groups excluding carboxylic acids is 2. The standard InChI is InChI=1S/C19H22N4O4S.CH2O2/c20-19-22-9-16(28-19)18(25)23-13-4-2-12(3-5-13)17(24)21-8-11-1-6-14-15(7-11)27-10-26-14;2-1-3/h1,6-7,9,12-13H,2-5,8,10H2,(H2,20,22)(H,21,24)(H,23,25);1H,(H,2,3). The quantitative estimate of drug-likeness (QED) is 0.505. The lowest BCUT2D eigenvalue weighted by atomic mass is 9.85. The van der Waals surface area contributed by atoms with E-state index in [9.17, 15) is 9.59 Å². The van der Waals surface area contributed by atoms with Gasteiger partial charge < -0.3 is 30.9 Å². The van der Waals surface area contributed by atoms with E-state index in [1.54, 1.807) is 0 Å². The van der Waals surface area contributed by atoms with Crippen molar-refractivity contribution >= 4 is 34.8 Å². The molecule has 1 aliphatic heterocycles. The molecule has 166 valence electrons. The van der Waals surface area contributed by atoms with Gasteiger partial charge in [-0.2, -0.15) is 0 Å². The zero-order valence-electron chi connectivity index (χ0n) is 16.7. The van der Waals surface area contributed by atoms with Crippen molar-refractivity contribution in [3.63, 3.8) is 0 Å². The number of amides is 2. The largest absolute Gasteiger partial charge is 0.483 e. The Kier molecular flexibility index (Phi) is 7.65. The molecule has 10 nitrogen and oxygen atoms in total. The van der Waals surface area contributed by atoms with Crippen molar-refractivity contribution in [2.45, 2.75) is 38.3 Å². The number of nitrogens with two attached hydrogens (primary N) is 1. The molecular formula is C20H24N4O6S. The van der Waals surface area contributed by atoms with Gasteiger partial charge in [0.2, 0.25) is 12.7 Å². The number of ether oxygens (including phenoxy) is 2. The Morgan fingerprint density at radius 2 is 1.94 bits per heavy atom. The van der Waals surface area contributed by atoms with E-state index < -0.39 is 0 Å². The van der Waals surface area contributed by atoms with Gasteiger partial charge in [-0.1, -0.05) is 17.4 Å². The van der Waals surface area contributed by atoms with Crippen molar-refractivity contribution in [3.8, 4) is 11.5 Å². The van der Waals surface area contributed by atoms with E-state index in [1.807, 2.05) is 18.2 Å². The van der Waals surface area contributed by atoms with Gasteiger partial charge in [-0.3, -0.25) is 14.4 Å². The average Bonchev–Trinajstić information content (AvgIpc) is 3.41. The summed E-state index contributed by atoms with van der Waals surface area (Å²) >= 11 is 1.18. The fraction of sp³-hybridized carbons (Fsp3) is 0.400. The molecule has 5 N–H and O–H groups in total. The minimum absolute atomic E-state index is 0.0267. The van der Waals surface area contributed by atoms with Crippen LogP contribution in [0.25, 0.3) is 0 Å². The van der Waals surface area contributed by atoms with Gasteiger partial charge in [0.05, 0.1) is 6.20 Å². The molecule has 31 heavy (non-hydrogen) atoms. The Hall–Kier alpha value is -3.34. The SMILES string of the molecule is Nc1ncc(C(=O)NC2CCC(C(=O)NCc3ccc4c(c3)OCO4)CC2)s1.O=CO. The van der Waals surface area contributed by atoms with E-state index >= 15 is 0 Å². The maximum absolute atomic E-state index is 12.5. The molecule has 11 heteroatoms. The van der Waals surface area contributed by atoms with Gasteiger partial charge in [-0.25, -0.2) is 4.98 Å². The van der Waals surface area contributed by atoms with E-state index in [4.69, 9.17) is 25.1 Å². The molecule has 1 saturated carbocycles. The second-order valence-corrected chi connectivity index (χ2v) is 8.16. The van der Waals surface area contributed by atoms with Crippen LogP contribution in [0, 0.1) is 5.92 Å². The lowest BCUT2D eigenvalue weighted by molar-refractivity contribution is -0.126. The molecule has 0 spiro atoms. The first-order valence-corrected chi connectivity index (χ1v) is 10.6. The fourth-order valence-corrected chi connectivity index (χ4v) is 4.12. The molecule has 1 aromatic heterocycles. The second-order valence-electron chi connectivity index (χ2n) is 7.10. The summed E-state index contributed by atoms with van der Waals surface area (Å²) < 4.78 is 10.7. The topological polar surface area (TPSA) is 153 Å². The highest BCUT2D eigenvalue weighted by molar-refractivity contribution is 7.17. The fourth-order valence-electron chi connectivity index (χ4n) is 3.53. The Balaban J connectivity index is 0.000000858. The molecule has 2 aliphatic rings. The maximum atomic E-state index is 12.5. The number of nitrogen functional groups attached to an aromatic ring is 1. The molecule has 1 aromatic carbocycles. The summed E-state index contributed by atoms with van der Waals surface area (Å²) in [6, 6.07) is 5.75. The average molecular weight is 449 g/mol. The molecule has 2 aromatic rings. The lowest BCUT2D eigenvalue weighted by Crippen LogP contribution is -2.40. The Morgan fingerprint density at radius 3 is 2.61 bits per heavy atom. The van der Waals surface area contributed by atoms with Crippen LogP contribution in [0.15, 0.2) is 24.4 Å². The third-order valence-electron chi connectivity index (χ3n) is 5.08. The number of benzene rings is 1. The first kappa shape index (κ1) is 22.3. The molecule has 0 bridgehead atoms. The van der Waals surface area contributed by atoms with Gasteiger partial charge in [0.1, 0.15) is 4.88 Å². The van der Waals surface area contributed by atoms with Crippen LogP contribution in [0.4, 0.5) is 5.13 Å². The zero-order valence-corrected chi connectivity index (χ0v) is 17.5. The molecule has 2 amide bonds. The molecule has 1 aliphatic carbocycles. The van der Waals surface area contributed by atoms with Gasteiger partial charge in [-0.05, 0) is 43.4 Å². The normalized spacial score (nSPS) is 19.0. The van der Waals surface area contributed by atoms with Crippen LogP contribution in [0.3, 0.4) is 0 Å². The summed E-state index contributed by atoms with van der Waals surface area (Å²) in [6.07, 6.45) is 4.56. The van der Waals surface area contributed by atoms with Crippen LogP contribution < -0.4 is 25.8 Å². The summed E-state index contributed by atoms with van der Waals surface area (Å²) in [5.41, 5.74) is 6.54. The van der Waals surface area contributed by atoms with E-state index in [0.717, 1.165) is 37.0 Å². The summed E-state index contributed by atoms with van der Waals surface area (Å²) in [5.74, 6) is 1.32. The van der Waals surface area contributed by atoms with Gasteiger partial charge in [0.25, 0.3) is 12.4 Å². The van der Waals surface area contributed by atoms with Crippen LogP contribution in [0.5, 0.6) is 11.5 Å². The number of rotatable bonds is 5. The molecule has 2 heterocycles. The number of carbonyl (C=O) groups is 3. The summed E-state index contributed by atoms with van der Waals surface area (Å²) in [4.78, 5) is 37.4. The van der Waals surface area contributed by atoms with Gasteiger partial charge in [0.15, 0.2) is 16.6 Å². The smallest absolute Gasteiger partial charge is 0.290 e. The van der Waals surface area contributed by atoms with Crippen molar-refractivity contribution in [1.82, 2.24) is 15.6 Å². The van der Waals surface area contributed by atoms with Crippen LogP contribution >= 0.6 is 11.3 Å². The van der Waals surface area contributed by atoms with Crippen molar-refractivity contribution in [2.24, 2.45) is 5.92 Å². The van der Waals surface area contributed by atoms with E-state index in [2.05, 4.69) is 15.6 Å². The van der Waals surface area contributed by atoms with Gasteiger partial charge >= 0.3 is 0 Å². The highest BCUT2D eigenvalue weighted by Gasteiger charge is 2.27. The van der Waals surface area contributed by atoms with Crippen LogP contribution in [-0.4, -0.2) is 41.2 Å². The van der Waals surface area contributed by atoms with E-state index in [0.29, 0.717) is 22.3 Å². The second kappa shape index (κ2) is 10.6. The predicted molar refractivity (Wildman–Crippen MR) is 113 cm³/mol. The monoisotopic (exact) mass is 448 g/mol. The number of aromatic nitrogens is 1. The van der Waals surface area contributed by atoms with Crippen molar-refractivity contribution in [2.75, 3.05) is 12.5 Å². The minimum atomic E-state index is -0.250. The predicted octanol–water partition coefficient (Wildman–Crippen LogP) is 1.76. The molecule has 0 saturated heterocycles. The number of nitrogens with zero attached hydrogens (tertiary/aromatic N) is 1. The molecule has 0 radical (unpaired) electrons. The number of fused-ring (bicyclic) bond motifs is 1. The van der Waals surface area contributed by atoms with Gasteiger partial charge in [-0.15, -0.1) is 0 Å². The summed E-state index contributed by atoms with van der Waals surface area (Å²) in [5, 5.41) is 13.3. The Morgan fingerprint density at radius 1 is 1.23 bits per heavy atom. The van der Waals surface area contributed by atoms with Crippen LogP contribution in [-0.2, 0) is 16.1 Å². The number of hydrogen-bond donors (Lipinski definition) is 4. The highest BCUT2D eigenvalue weighted by atomic mass is 32.1. The summed E-state index contributed by atoms with van der Waals surface area (Å²) in [7, 11) is 0. The third kappa shape index (κ3) is 6.07. The Labute approximate surface area is 182 Å². The van der Waals surface area contributed by atoms with Crippen molar-refractivity contribution in [3.05, 3.63) is 34.8 Å². The maximum Gasteiger partial charge on any atom is 0.290 e. The molecular weight excluding hydrogens is 424 g/mol. The lowest BCUT2D eigenvalue weighted by Gasteiger charge is -2.28. The molecule has 1 fully saturated rings. The first-order valence-electron chi connectivity index (χ1n) is 9.76. The molecule has 4 rings (SSSR count). The number of anilines is 1. The zero-order chi connectivity index (χ0) is 22.2.